The number of benzene rings is 6. The Kier molecular flexibility index (Phi) is 14.5. The van der Waals surface area contributed by atoms with E-state index in [9.17, 15) is 0 Å². The Hall–Kier alpha value is -5.44. The van der Waals surface area contributed by atoms with Gasteiger partial charge in [0, 0.05) is 22.2 Å². The van der Waals surface area contributed by atoms with Crippen molar-refractivity contribution in [3.05, 3.63) is 185 Å². The summed E-state index contributed by atoms with van der Waals surface area (Å²) in [5.74, 6) is 1.02. The van der Waals surface area contributed by atoms with Gasteiger partial charge in [0.2, 0.25) is 0 Å². The number of rotatable bonds is 6. The number of methoxy groups -OCH3 is 1. The van der Waals surface area contributed by atoms with Gasteiger partial charge in [0.25, 0.3) is 0 Å². The summed E-state index contributed by atoms with van der Waals surface area (Å²) in [6.07, 6.45) is 8.53. The second-order valence-electron chi connectivity index (χ2n) is 28.2. The van der Waals surface area contributed by atoms with Crippen molar-refractivity contribution in [2.75, 3.05) is 7.11 Å². The van der Waals surface area contributed by atoms with E-state index in [0.717, 1.165) is 12.2 Å². The summed E-state index contributed by atoms with van der Waals surface area (Å²) in [6.45, 7) is 53.9. The largest absolute Gasteiger partial charge is 0.496 e. The van der Waals surface area contributed by atoms with Gasteiger partial charge in [-0.25, -0.2) is 0 Å². The maximum Gasteiger partial charge on any atom is 0.131 e. The number of ether oxygens (including phenoxy) is 1. The lowest BCUT2D eigenvalue weighted by molar-refractivity contribution is 0.399. The van der Waals surface area contributed by atoms with Crippen LogP contribution in [-0.2, 0) is 28.1 Å². The molecule has 0 aromatic heterocycles. The summed E-state index contributed by atoms with van der Waals surface area (Å²) in [6, 6.07) is 30.9. The predicted molar refractivity (Wildman–Crippen MR) is 333 cm³/mol. The summed E-state index contributed by atoms with van der Waals surface area (Å²) in [4.78, 5) is 0. The van der Waals surface area contributed by atoms with Crippen LogP contribution in [0.3, 0.4) is 0 Å². The van der Waals surface area contributed by atoms with Crippen molar-refractivity contribution in [2.24, 2.45) is 0 Å². The molecule has 1 nitrogen and oxygen atoms in total. The lowest BCUT2D eigenvalue weighted by Gasteiger charge is -2.40. The first-order chi connectivity index (χ1) is 34.6. The fraction of sp³-hybridized carbons (Fsp3) is 0.425. The van der Waals surface area contributed by atoms with E-state index in [4.69, 9.17) is 4.74 Å². The zero-order valence-corrected chi connectivity index (χ0v) is 52.0. The lowest BCUT2D eigenvalue weighted by atomic mass is 9.78. The summed E-state index contributed by atoms with van der Waals surface area (Å²) in [7, 11) is -0.286. The third kappa shape index (κ3) is 10.4. The van der Waals surface area contributed by atoms with Gasteiger partial charge in [-0.1, -0.05) is 232 Å². The molecule has 0 fully saturated rings. The number of aryl methyl sites for hydroxylation is 4. The molecule has 3 aliphatic carbocycles. The minimum Gasteiger partial charge on any atom is -0.496 e. The van der Waals surface area contributed by atoms with Gasteiger partial charge in [-0.2, -0.15) is 0 Å². The van der Waals surface area contributed by atoms with Crippen LogP contribution in [-0.4, -0.2) is 15.2 Å². The van der Waals surface area contributed by atoms with Gasteiger partial charge in [0.1, 0.15) is 5.75 Å². The van der Waals surface area contributed by atoms with Crippen molar-refractivity contribution in [2.45, 2.75) is 198 Å². The number of hydrogen-bond acceptors (Lipinski definition) is 1. The Morgan fingerprint density at radius 3 is 1.29 bits per heavy atom. The monoisotopic (exact) mass is 1010 g/mol. The second-order valence-corrected chi connectivity index (χ2v) is 33.0. The highest BCUT2D eigenvalue weighted by Crippen LogP contribution is 2.58. The minimum atomic E-state index is -2.14. The van der Waals surface area contributed by atoms with Crippen LogP contribution in [0.5, 0.6) is 5.75 Å². The summed E-state index contributed by atoms with van der Waals surface area (Å²) in [5.41, 5.74) is 36.2. The lowest BCUT2D eigenvalue weighted by Crippen LogP contribution is -2.42. The van der Waals surface area contributed by atoms with Crippen LogP contribution in [0.1, 0.15) is 204 Å². The Morgan fingerprint density at radius 1 is 0.440 bits per heavy atom. The standard InChI is InChI=1S/C48H60OSi.C25H32/c1-27-17-28(2)20-34(19-27)42-33(7)40(47(8,9)10)25-38-36(42)23-31(5)45(38)50(15,16)46-32(6)24-37-39(46)26-41(48(11,12)13)44(49-14)43(37)35-21-29(3)18-30(4)22-35;1-16-13-19-15-22(25(6,7)8)17(2)23(21(19)14-16)18-9-11-20(12-10-18)24(3,4)5/h17-26,45-46H,1-16H3;9-13,15H,14H2,1-8H3. The van der Waals surface area contributed by atoms with Gasteiger partial charge in [-0.15, -0.1) is 0 Å². The molecule has 0 saturated carbocycles. The van der Waals surface area contributed by atoms with E-state index in [-0.39, 0.29) is 21.7 Å². The molecule has 0 N–H and O–H groups in total. The Morgan fingerprint density at radius 2 is 0.853 bits per heavy atom. The van der Waals surface area contributed by atoms with Crippen LogP contribution >= 0.6 is 0 Å². The van der Waals surface area contributed by atoms with Crippen molar-refractivity contribution >= 4 is 26.3 Å². The van der Waals surface area contributed by atoms with Gasteiger partial charge < -0.3 is 4.74 Å². The molecule has 0 spiro atoms. The molecule has 9 rings (SSSR count). The van der Waals surface area contributed by atoms with E-state index < -0.39 is 8.07 Å². The van der Waals surface area contributed by atoms with E-state index in [1.54, 1.807) is 5.56 Å². The molecular weight excluding hydrogens is 921 g/mol. The normalized spacial score (nSPS) is 16.5. The van der Waals surface area contributed by atoms with E-state index in [1.165, 1.54) is 134 Å². The minimum absolute atomic E-state index is 0.0360. The van der Waals surface area contributed by atoms with Crippen LogP contribution in [0, 0.1) is 41.5 Å². The van der Waals surface area contributed by atoms with E-state index >= 15 is 0 Å². The van der Waals surface area contributed by atoms with Crippen molar-refractivity contribution in [1.29, 1.82) is 0 Å². The van der Waals surface area contributed by atoms with Gasteiger partial charge >= 0.3 is 0 Å². The predicted octanol–water partition coefficient (Wildman–Crippen LogP) is 20.9. The first-order valence-electron chi connectivity index (χ1n) is 28.1. The van der Waals surface area contributed by atoms with Crippen LogP contribution in [0.25, 0.3) is 51.6 Å². The Balaban J connectivity index is 0.000000250. The average Bonchev–Trinajstić information content (AvgIpc) is 3.93. The molecule has 6 aromatic rings. The number of allylic oxidation sites excluding steroid dienone is 3. The molecule has 6 aromatic carbocycles. The molecule has 0 saturated heterocycles. The molecule has 3 aliphatic rings. The summed E-state index contributed by atoms with van der Waals surface area (Å²) in [5, 5.41) is 0. The molecule has 0 bridgehead atoms. The highest BCUT2D eigenvalue weighted by molar-refractivity contribution is 6.81. The second kappa shape index (κ2) is 19.5. The van der Waals surface area contributed by atoms with Crippen molar-refractivity contribution in [1.82, 2.24) is 0 Å². The third-order valence-corrected chi connectivity index (χ3v) is 21.6. The van der Waals surface area contributed by atoms with Gasteiger partial charge in [0.05, 0.1) is 15.2 Å². The van der Waals surface area contributed by atoms with Crippen LogP contribution < -0.4 is 4.74 Å². The first kappa shape index (κ1) is 55.8. The maximum absolute atomic E-state index is 6.38. The van der Waals surface area contributed by atoms with Crippen molar-refractivity contribution in [3.63, 3.8) is 0 Å². The summed E-state index contributed by atoms with van der Waals surface area (Å²) >= 11 is 0. The van der Waals surface area contributed by atoms with Gasteiger partial charge in [0.15, 0.2) is 0 Å². The fourth-order valence-corrected chi connectivity index (χ4v) is 19.0. The number of fused-ring (bicyclic) bond motifs is 3. The zero-order valence-electron chi connectivity index (χ0n) is 51.0. The molecule has 394 valence electrons. The quantitative estimate of drug-likeness (QED) is 0.151. The SMILES string of the molecule is CC1=Cc2cc(C(C)(C)C)c(C)c(-c3ccc(C(C)(C)C)cc3)c2C1.COc1c(C(C)(C)C)cc2c(c1-c1cc(C)cc(C)c1)C=C(C)C2[Si](C)(C)C1C(C)=Cc2c1cc(C(C)(C)C)c(C)c2-c1cc(C)cc(C)c1. The van der Waals surface area contributed by atoms with Crippen LogP contribution in [0.2, 0.25) is 13.1 Å². The van der Waals surface area contributed by atoms with Crippen molar-refractivity contribution in [3.8, 4) is 39.1 Å². The molecule has 0 heterocycles. The average molecular weight is 1010 g/mol. The fourth-order valence-electron chi connectivity index (χ4n) is 14.1. The molecule has 0 aliphatic heterocycles. The molecular formula is C73H92OSi. The van der Waals surface area contributed by atoms with Crippen LogP contribution in [0.4, 0.5) is 0 Å². The van der Waals surface area contributed by atoms with Crippen molar-refractivity contribution < 1.29 is 4.74 Å². The molecule has 2 unspecified atom stereocenters. The van der Waals surface area contributed by atoms with E-state index in [2.05, 4.69) is 256 Å². The molecule has 2 atom stereocenters. The van der Waals surface area contributed by atoms with E-state index in [1.807, 2.05) is 7.11 Å². The zero-order chi connectivity index (χ0) is 55.4. The topological polar surface area (TPSA) is 9.23 Å². The van der Waals surface area contributed by atoms with Gasteiger partial charge in [-0.3, -0.25) is 0 Å². The Bertz CT molecular complexity index is 3310. The van der Waals surface area contributed by atoms with E-state index in [0.29, 0.717) is 11.1 Å². The molecule has 75 heavy (non-hydrogen) atoms. The highest BCUT2D eigenvalue weighted by Gasteiger charge is 2.49. The molecule has 2 heteroatoms. The summed E-state index contributed by atoms with van der Waals surface area (Å²) < 4.78 is 6.38. The highest BCUT2D eigenvalue weighted by atomic mass is 28.3. The number of hydrogen-bond donors (Lipinski definition) is 0. The van der Waals surface area contributed by atoms with Crippen LogP contribution in [0.15, 0.2) is 95.6 Å². The maximum atomic E-state index is 6.38. The van der Waals surface area contributed by atoms with Gasteiger partial charge in [-0.05, 0) is 179 Å². The Labute approximate surface area is 457 Å². The molecule has 0 radical (unpaired) electrons. The molecule has 0 amide bonds. The first-order valence-corrected chi connectivity index (χ1v) is 31.2. The smallest absolute Gasteiger partial charge is 0.131 e. The third-order valence-electron chi connectivity index (χ3n) is 17.1.